The second-order valence-electron chi connectivity index (χ2n) is 10.2. The van der Waals surface area contributed by atoms with Crippen LogP contribution in [-0.4, -0.2) is 61.7 Å². The maximum Gasteiger partial charge on any atom is 0.410 e. The summed E-state index contributed by atoms with van der Waals surface area (Å²) in [4.78, 5) is 28.7. The number of hydrogen-bond acceptors (Lipinski definition) is 5. The Morgan fingerprint density at radius 3 is 2.34 bits per heavy atom. The van der Waals surface area contributed by atoms with E-state index in [1.165, 1.54) is 0 Å². The third-order valence-corrected chi connectivity index (χ3v) is 6.14. The van der Waals surface area contributed by atoms with E-state index < -0.39 is 5.60 Å². The minimum atomic E-state index is -0.526. The second kappa shape index (κ2) is 10.9. The maximum atomic E-state index is 12.9. The number of hydrogen-bond donors (Lipinski definition) is 0. The predicted molar refractivity (Wildman–Crippen MR) is 135 cm³/mol. The highest BCUT2D eigenvalue weighted by Gasteiger charge is 2.32. The van der Waals surface area contributed by atoms with E-state index in [1.54, 1.807) is 37.1 Å². The van der Waals surface area contributed by atoms with Gasteiger partial charge in [-0.1, -0.05) is 12.1 Å². The van der Waals surface area contributed by atoms with Gasteiger partial charge in [0.25, 0.3) is 5.91 Å². The Kier molecular flexibility index (Phi) is 8.18. The molecule has 2 aromatic rings. The average molecular weight is 478 g/mol. The maximum absolute atomic E-state index is 12.9. The fourth-order valence-corrected chi connectivity index (χ4v) is 4.44. The summed E-state index contributed by atoms with van der Waals surface area (Å²) in [6.45, 7) is 6.78. The number of amides is 2. The minimum absolute atomic E-state index is 0.0980. The Bertz CT molecular complexity index is 1110. The molecule has 1 atom stereocenters. The van der Waals surface area contributed by atoms with Crippen LogP contribution in [0.3, 0.4) is 0 Å². The largest absolute Gasteiger partial charge is 0.444 e. The van der Waals surface area contributed by atoms with Gasteiger partial charge in [0.05, 0.1) is 17.7 Å². The number of methoxy groups -OCH3 is 1. The lowest BCUT2D eigenvalue weighted by atomic mass is 9.85. The summed E-state index contributed by atoms with van der Waals surface area (Å²) in [7, 11) is 5.14. The molecule has 0 N–H and O–H groups in total. The molecule has 1 saturated heterocycles. The Hall–Kier alpha value is -3.37. The van der Waals surface area contributed by atoms with Gasteiger partial charge in [-0.25, -0.2) is 4.79 Å². The predicted octanol–water partition coefficient (Wildman–Crippen LogP) is 5.26. The molecule has 1 heterocycles. The molecule has 1 aliphatic rings. The zero-order valence-corrected chi connectivity index (χ0v) is 21.5. The van der Waals surface area contributed by atoms with Crippen molar-refractivity contribution in [2.45, 2.75) is 45.3 Å². The molecule has 0 aromatic heterocycles. The fraction of sp³-hybridized carbons (Fsp3) is 0.464. The monoisotopic (exact) mass is 477 g/mol. The molecule has 7 heteroatoms. The van der Waals surface area contributed by atoms with Crippen LogP contribution in [0.5, 0.6) is 0 Å². The van der Waals surface area contributed by atoms with E-state index in [4.69, 9.17) is 9.47 Å². The lowest BCUT2D eigenvalue weighted by Crippen LogP contribution is -2.42. The quantitative estimate of drug-likeness (QED) is 0.586. The van der Waals surface area contributed by atoms with Crippen LogP contribution in [0, 0.1) is 17.2 Å². The van der Waals surface area contributed by atoms with E-state index in [1.807, 2.05) is 57.2 Å². The highest BCUT2D eigenvalue weighted by molar-refractivity contribution is 5.95. The molecular formula is C28H35N3O4. The summed E-state index contributed by atoms with van der Waals surface area (Å²) in [5.41, 5.74) is 3.24. The summed E-state index contributed by atoms with van der Waals surface area (Å²) in [6.07, 6.45) is 1.01. The lowest BCUT2D eigenvalue weighted by Gasteiger charge is -2.36. The molecule has 2 aromatic carbocycles. The standard InChI is InChI=1S/C28H35N3O4/c1-28(2,3)35-27(33)31-12-10-20(11-13-31)25(34-6)23-15-22(16-24(17-23)26(32)30(4)5)21-9-7-8-19(14-21)18-29/h7-9,14-17,20,25H,10-13H2,1-6H3. The van der Waals surface area contributed by atoms with Gasteiger partial charge in [-0.15, -0.1) is 0 Å². The van der Waals surface area contributed by atoms with Crippen LogP contribution in [0.4, 0.5) is 4.79 Å². The van der Waals surface area contributed by atoms with Gasteiger partial charge in [0.2, 0.25) is 0 Å². The first-order valence-electron chi connectivity index (χ1n) is 11.9. The topological polar surface area (TPSA) is 82.9 Å². The van der Waals surface area contributed by atoms with E-state index in [9.17, 15) is 14.9 Å². The number of piperidine rings is 1. The van der Waals surface area contributed by atoms with Gasteiger partial charge >= 0.3 is 6.09 Å². The van der Waals surface area contributed by atoms with Crippen LogP contribution in [0.1, 0.15) is 61.2 Å². The van der Waals surface area contributed by atoms with Crippen molar-refractivity contribution in [3.63, 3.8) is 0 Å². The summed E-state index contributed by atoms with van der Waals surface area (Å²) in [5.74, 6) is 0.0841. The van der Waals surface area contributed by atoms with Crippen molar-refractivity contribution < 1.29 is 19.1 Å². The number of rotatable bonds is 5. The molecule has 0 aliphatic carbocycles. The van der Waals surface area contributed by atoms with Gasteiger partial charge in [0, 0.05) is 39.9 Å². The van der Waals surface area contributed by atoms with Crippen LogP contribution in [0.25, 0.3) is 11.1 Å². The van der Waals surface area contributed by atoms with E-state index in [-0.39, 0.29) is 24.0 Å². The summed E-state index contributed by atoms with van der Waals surface area (Å²) < 4.78 is 11.5. The number of ether oxygens (including phenoxy) is 2. The molecule has 0 spiro atoms. The molecule has 0 radical (unpaired) electrons. The van der Waals surface area contributed by atoms with Gasteiger partial charge in [0.15, 0.2) is 0 Å². The van der Waals surface area contributed by atoms with Crippen molar-refractivity contribution in [3.05, 3.63) is 59.2 Å². The molecule has 3 rings (SSSR count). The molecule has 0 bridgehead atoms. The zero-order valence-electron chi connectivity index (χ0n) is 21.5. The summed E-state index contributed by atoms with van der Waals surface area (Å²) >= 11 is 0. The fourth-order valence-electron chi connectivity index (χ4n) is 4.44. The molecule has 35 heavy (non-hydrogen) atoms. The zero-order chi connectivity index (χ0) is 25.8. The van der Waals surface area contributed by atoms with E-state index in [2.05, 4.69) is 6.07 Å². The van der Waals surface area contributed by atoms with E-state index >= 15 is 0 Å². The van der Waals surface area contributed by atoms with Crippen LogP contribution >= 0.6 is 0 Å². The molecule has 7 nitrogen and oxygen atoms in total. The van der Waals surface area contributed by atoms with Crippen molar-refractivity contribution in [2.75, 3.05) is 34.3 Å². The van der Waals surface area contributed by atoms with Gasteiger partial charge in [-0.2, -0.15) is 5.26 Å². The number of nitriles is 1. The van der Waals surface area contributed by atoms with E-state index in [0.29, 0.717) is 24.2 Å². The third kappa shape index (κ3) is 6.61. The van der Waals surface area contributed by atoms with E-state index in [0.717, 1.165) is 29.5 Å². The lowest BCUT2D eigenvalue weighted by molar-refractivity contribution is -0.00233. The van der Waals surface area contributed by atoms with Crippen molar-refractivity contribution in [1.29, 1.82) is 5.26 Å². The van der Waals surface area contributed by atoms with Crippen LogP contribution < -0.4 is 0 Å². The first-order valence-corrected chi connectivity index (χ1v) is 11.9. The highest BCUT2D eigenvalue weighted by Crippen LogP contribution is 2.36. The van der Waals surface area contributed by atoms with Gasteiger partial charge in [-0.3, -0.25) is 4.79 Å². The first-order chi connectivity index (χ1) is 16.5. The minimum Gasteiger partial charge on any atom is -0.444 e. The Labute approximate surface area is 208 Å². The molecule has 186 valence electrons. The van der Waals surface area contributed by atoms with Gasteiger partial charge in [0.1, 0.15) is 5.60 Å². The summed E-state index contributed by atoms with van der Waals surface area (Å²) in [5, 5.41) is 9.33. The number of likely N-dealkylation sites (tertiary alicyclic amines) is 1. The summed E-state index contributed by atoms with van der Waals surface area (Å²) in [6, 6.07) is 15.3. The van der Waals surface area contributed by atoms with Crippen molar-refractivity contribution in [3.8, 4) is 17.2 Å². The molecule has 1 unspecified atom stereocenters. The number of carbonyl (C=O) groups excluding carboxylic acids is 2. The number of nitrogens with zero attached hydrogens (tertiary/aromatic N) is 3. The van der Waals surface area contributed by atoms with Crippen LogP contribution in [-0.2, 0) is 9.47 Å². The van der Waals surface area contributed by atoms with Crippen LogP contribution in [0.2, 0.25) is 0 Å². The molecule has 0 saturated carbocycles. The van der Waals surface area contributed by atoms with Crippen molar-refractivity contribution in [1.82, 2.24) is 9.80 Å². The van der Waals surface area contributed by atoms with Gasteiger partial charge < -0.3 is 19.3 Å². The molecule has 2 amide bonds. The second-order valence-corrected chi connectivity index (χ2v) is 10.2. The van der Waals surface area contributed by atoms with Gasteiger partial charge in [-0.05, 0) is 86.6 Å². The SMILES string of the molecule is COC(c1cc(C(=O)N(C)C)cc(-c2cccc(C#N)c2)c1)C1CCN(C(=O)OC(C)(C)C)CC1. The molecule has 1 aliphatic heterocycles. The molecule has 1 fully saturated rings. The number of carbonyl (C=O) groups is 2. The highest BCUT2D eigenvalue weighted by atomic mass is 16.6. The van der Waals surface area contributed by atoms with Crippen molar-refractivity contribution >= 4 is 12.0 Å². The normalized spacial score (nSPS) is 15.3. The Morgan fingerprint density at radius 2 is 1.77 bits per heavy atom. The number of benzene rings is 2. The Balaban J connectivity index is 1.90. The average Bonchev–Trinajstić information content (AvgIpc) is 2.83. The van der Waals surface area contributed by atoms with Crippen molar-refractivity contribution in [2.24, 2.45) is 5.92 Å². The smallest absolute Gasteiger partial charge is 0.410 e. The first kappa shape index (κ1) is 26.2. The molecular weight excluding hydrogens is 442 g/mol. The third-order valence-electron chi connectivity index (χ3n) is 6.14. The van der Waals surface area contributed by atoms with Crippen LogP contribution in [0.15, 0.2) is 42.5 Å². The Morgan fingerprint density at radius 1 is 1.09 bits per heavy atom.